The number of nitrogens with zero attached hydrogens (tertiary/aromatic N) is 4. The quantitative estimate of drug-likeness (QED) is 0.406. The van der Waals surface area contributed by atoms with Crippen molar-refractivity contribution in [2.45, 2.75) is 30.7 Å². The third-order valence-corrected chi connectivity index (χ3v) is 7.29. The number of ether oxygens (including phenoxy) is 2. The number of halogens is 1. The zero-order valence-corrected chi connectivity index (χ0v) is 20.9. The molecule has 0 saturated heterocycles. The van der Waals surface area contributed by atoms with Crippen LogP contribution < -0.4 is 10.2 Å². The fourth-order valence-electron chi connectivity index (χ4n) is 3.39. The van der Waals surface area contributed by atoms with Crippen LogP contribution in [0, 0.1) is 0 Å². The second-order valence-electron chi connectivity index (χ2n) is 7.72. The van der Waals surface area contributed by atoms with Crippen LogP contribution in [0.3, 0.4) is 0 Å². The second-order valence-corrected chi connectivity index (χ2v) is 10.1. The third kappa shape index (κ3) is 6.30. The number of nitrogens with one attached hydrogen (secondary N) is 1. The minimum Gasteiger partial charge on any atom is -0.492 e. The predicted octanol–water partition coefficient (Wildman–Crippen LogP) is 3.40. The van der Waals surface area contributed by atoms with Gasteiger partial charge in [0, 0.05) is 17.1 Å². The minimum atomic E-state index is -3.67. The molecule has 3 aromatic rings. The van der Waals surface area contributed by atoms with Gasteiger partial charge in [-0.05, 0) is 61.6 Å². The first kappa shape index (κ1) is 25.0. The normalized spacial score (nSPS) is 15.5. The fourth-order valence-corrected chi connectivity index (χ4v) is 4.69. The fraction of sp³-hybridized carbons (Fsp3) is 0.348. The van der Waals surface area contributed by atoms with Crippen LogP contribution in [0.15, 0.2) is 63.1 Å². The zero-order chi connectivity index (χ0) is 24.8. The van der Waals surface area contributed by atoms with Crippen LogP contribution in [0.2, 0.25) is 5.02 Å². The van der Waals surface area contributed by atoms with Gasteiger partial charge in [-0.25, -0.2) is 8.42 Å². The van der Waals surface area contributed by atoms with Crippen LogP contribution in [0.1, 0.15) is 37.4 Å². The van der Waals surface area contributed by atoms with Gasteiger partial charge in [0.05, 0.1) is 4.90 Å². The Morgan fingerprint density at radius 3 is 2.49 bits per heavy atom. The van der Waals surface area contributed by atoms with Crippen molar-refractivity contribution in [1.82, 2.24) is 20.5 Å². The van der Waals surface area contributed by atoms with Gasteiger partial charge in [0.25, 0.3) is 5.90 Å². The highest BCUT2D eigenvalue weighted by atomic mass is 35.5. The molecule has 0 bridgehead atoms. The van der Waals surface area contributed by atoms with Gasteiger partial charge in [-0.15, -0.1) is 5.10 Å². The van der Waals surface area contributed by atoms with Crippen molar-refractivity contribution in [3.8, 4) is 5.75 Å². The minimum absolute atomic E-state index is 0.00378. The zero-order valence-electron chi connectivity index (χ0n) is 19.3. The van der Waals surface area contributed by atoms with Crippen molar-refractivity contribution in [2.75, 3.05) is 26.2 Å². The van der Waals surface area contributed by atoms with E-state index in [1.807, 2.05) is 24.3 Å². The summed E-state index contributed by atoms with van der Waals surface area (Å²) in [5.74, 6) is 0.395. The highest BCUT2D eigenvalue weighted by Crippen LogP contribution is 2.24. The number of hydrazone groups is 1. The maximum atomic E-state index is 12.6. The molecule has 12 heteroatoms. The van der Waals surface area contributed by atoms with Gasteiger partial charge < -0.3 is 18.9 Å². The molecule has 35 heavy (non-hydrogen) atoms. The summed E-state index contributed by atoms with van der Waals surface area (Å²) in [6, 6.07) is 13.4. The predicted molar refractivity (Wildman–Crippen MR) is 130 cm³/mol. The summed E-state index contributed by atoms with van der Waals surface area (Å²) < 4.78 is 41.9. The van der Waals surface area contributed by atoms with E-state index in [0.717, 1.165) is 30.9 Å². The van der Waals surface area contributed by atoms with Gasteiger partial charge in [0.15, 0.2) is 15.7 Å². The molecule has 4 rings (SSSR count). The van der Waals surface area contributed by atoms with E-state index in [2.05, 4.69) is 39.4 Å². The average molecular weight is 520 g/mol. The van der Waals surface area contributed by atoms with Gasteiger partial charge >= 0.3 is 5.89 Å². The summed E-state index contributed by atoms with van der Waals surface area (Å²) in [5.41, 5.74) is 3.69. The molecular formula is C23H26ClN5O5S. The molecule has 1 aromatic heterocycles. The molecule has 1 unspecified atom stereocenters. The topological polar surface area (TPSA) is 119 Å². The van der Waals surface area contributed by atoms with Gasteiger partial charge in [-0.3, -0.25) is 5.43 Å². The molecule has 0 saturated carbocycles. The standard InChI is InChI=1S/C23H26ClN5O5S/c1-3-29(4-2)13-14-32-18-9-5-16(6-10-18)21-26-27-23(33-21)22-25-20(28-34-22)15-35(30,31)19-11-7-17(24)8-12-19/h5-12,21,26H,3-4,13-15H2,1-2H3. The van der Waals surface area contributed by atoms with Crippen LogP contribution in [-0.2, 0) is 20.3 Å². The Balaban J connectivity index is 1.32. The molecule has 2 heterocycles. The van der Waals surface area contributed by atoms with Crippen molar-refractivity contribution in [3.63, 3.8) is 0 Å². The molecule has 0 amide bonds. The molecule has 0 spiro atoms. The molecule has 1 N–H and O–H groups in total. The molecule has 1 aliphatic rings. The smallest absolute Gasteiger partial charge is 0.315 e. The largest absolute Gasteiger partial charge is 0.492 e. The summed E-state index contributed by atoms with van der Waals surface area (Å²) in [7, 11) is -3.67. The van der Waals surface area contributed by atoms with Crippen molar-refractivity contribution in [3.05, 3.63) is 70.8 Å². The van der Waals surface area contributed by atoms with E-state index in [4.69, 9.17) is 25.6 Å². The number of hydrogen-bond acceptors (Lipinski definition) is 10. The van der Waals surface area contributed by atoms with E-state index in [1.54, 1.807) is 0 Å². The molecule has 1 aliphatic heterocycles. The van der Waals surface area contributed by atoms with E-state index >= 15 is 0 Å². The lowest BCUT2D eigenvalue weighted by molar-refractivity contribution is 0.186. The van der Waals surface area contributed by atoms with E-state index in [9.17, 15) is 8.42 Å². The first-order valence-electron chi connectivity index (χ1n) is 11.1. The van der Waals surface area contributed by atoms with E-state index in [0.29, 0.717) is 11.6 Å². The molecule has 2 aromatic carbocycles. The second kappa shape index (κ2) is 11.1. The van der Waals surface area contributed by atoms with Gasteiger partial charge in [-0.2, -0.15) is 4.98 Å². The molecule has 0 radical (unpaired) electrons. The molecular weight excluding hydrogens is 494 g/mol. The summed E-state index contributed by atoms with van der Waals surface area (Å²) >= 11 is 5.83. The number of aromatic nitrogens is 2. The molecule has 1 atom stereocenters. The van der Waals surface area contributed by atoms with Crippen molar-refractivity contribution < 1.29 is 22.4 Å². The lowest BCUT2D eigenvalue weighted by Gasteiger charge is -2.18. The number of sulfone groups is 1. The Morgan fingerprint density at radius 2 is 1.80 bits per heavy atom. The van der Waals surface area contributed by atoms with Crippen LogP contribution >= 0.6 is 11.6 Å². The lowest BCUT2D eigenvalue weighted by atomic mass is 10.2. The summed E-state index contributed by atoms with van der Waals surface area (Å²) in [6.45, 7) is 7.71. The van der Waals surface area contributed by atoms with E-state index in [1.165, 1.54) is 24.3 Å². The molecule has 186 valence electrons. The Labute approximate surface area is 208 Å². The van der Waals surface area contributed by atoms with Gasteiger partial charge in [-0.1, -0.05) is 30.6 Å². The van der Waals surface area contributed by atoms with Crippen LogP contribution in [0.4, 0.5) is 0 Å². The highest BCUT2D eigenvalue weighted by Gasteiger charge is 2.28. The van der Waals surface area contributed by atoms with E-state index < -0.39 is 21.8 Å². The van der Waals surface area contributed by atoms with Crippen molar-refractivity contribution in [1.29, 1.82) is 0 Å². The van der Waals surface area contributed by atoms with Crippen molar-refractivity contribution in [2.24, 2.45) is 5.10 Å². The summed E-state index contributed by atoms with van der Waals surface area (Å²) in [4.78, 5) is 6.53. The average Bonchev–Trinajstić information content (AvgIpc) is 3.52. The van der Waals surface area contributed by atoms with Crippen molar-refractivity contribution >= 4 is 27.3 Å². The number of hydrogen-bond donors (Lipinski definition) is 1. The Bertz CT molecular complexity index is 1260. The van der Waals surface area contributed by atoms with E-state index in [-0.39, 0.29) is 22.5 Å². The Morgan fingerprint density at radius 1 is 1.09 bits per heavy atom. The van der Waals surface area contributed by atoms with Crippen LogP contribution in [0.25, 0.3) is 0 Å². The Kier molecular flexibility index (Phi) is 7.89. The van der Waals surface area contributed by atoms with Gasteiger partial charge in [0.2, 0.25) is 6.23 Å². The summed E-state index contributed by atoms with van der Waals surface area (Å²) in [5, 5.41) is 8.30. The first-order chi connectivity index (χ1) is 16.9. The lowest BCUT2D eigenvalue weighted by Crippen LogP contribution is -2.27. The van der Waals surface area contributed by atoms with Crippen LogP contribution in [-0.4, -0.2) is 55.6 Å². The number of likely N-dealkylation sites (N-methyl/N-ethyl adjacent to an activating group) is 1. The summed E-state index contributed by atoms with van der Waals surface area (Å²) in [6.07, 6.45) is -0.553. The van der Waals surface area contributed by atoms with Gasteiger partial charge in [0.1, 0.15) is 18.1 Å². The molecule has 0 fully saturated rings. The third-order valence-electron chi connectivity index (χ3n) is 5.41. The highest BCUT2D eigenvalue weighted by molar-refractivity contribution is 7.90. The monoisotopic (exact) mass is 519 g/mol. The molecule has 0 aliphatic carbocycles. The first-order valence-corrected chi connectivity index (χ1v) is 13.2. The number of rotatable bonds is 11. The maximum Gasteiger partial charge on any atom is 0.315 e. The Hall–Kier alpha value is -3.15. The number of benzene rings is 2. The van der Waals surface area contributed by atoms with Crippen LogP contribution in [0.5, 0.6) is 5.75 Å². The SMILES string of the molecule is CCN(CC)CCOc1ccc(C2NN=C(c3nc(CS(=O)(=O)c4ccc(Cl)cc4)no3)O2)cc1. The maximum absolute atomic E-state index is 12.6. The molecule has 10 nitrogen and oxygen atoms in total.